The van der Waals surface area contributed by atoms with Crippen LogP contribution in [0.5, 0.6) is 11.5 Å². The fraction of sp³-hybridized carbons (Fsp3) is 0.240. The zero-order valence-corrected chi connectivity index (χ0v) is 19.0. The van der Waals surface area contributed by atoms with Crippen LogP contribution in [-0.2, 0) is 23.8 Å². The summed E-state index contributed by atoms with van der Waals surface area (Å²) >= 11 is 0. The van der Waals surface area contributed by atoms with Crippen molar-refractivity contribution in [3.05, 3.63) is 95.3 Å². The molecule has 0 amide bonds. The topological polar surface area (TPSA) is 51.7 Å². The summed E-state index contributed by atoms with van der Waals surface area (Å²) in [5.74, 6) is 1.43. The molecule has 0 bridgehead atoms. The smallest absolute Gasteiger partial charge is 0.160 e. The minimum Gasteiger partial charge on any atom is -0.493 e. The van der Waals surface area contributed by atoms with Crippen LogP contribution in [-0.4, -0.2) is 34.9 Å². The number of nitrogens with zero attached hydrogens (tertiary/aromatic N) is 2. The molecule has 1 atom stereocenters. The van der Waals surface area contributed by atoms with Crippen LogP contribution in [0.3, 0.4) is 0 Å². The van der Waals surface area contributed by atoms with Crippen molar-refractivity contribution in [1.29, 1.82) is 0 Å². The van der Waals surface area contributed by atoms with Gasteiger partial charge in [-0.15, -0.1) is 0 Å². The van der Waals surface area contributed by atoms with E-state index in [9.17, 15) is 4.21 Å². The molecule has 5 nitrogen and oxygen atoms in total. The number of benzene rings is 2. The van der Waals surface area contributed by atoms with Gasteiger partial charge in [0, 0.05) is 29.2 Å². The van der Waals surface area contributed by atoms with Gasteiger partial charge in [0.1, 0.15) is 0 Å². The van der Waals surface area contributed by atoms with E-state index in [1.165, 1.54) is 0 Å². The predicted molar refractivity (Wildman–Crippen MR) is 125 cm³/mol. The maximum Gasteiger partial charge on any atom is 0.160 e. The summed E-state index contributed by atoms with van der Waals surface area (Å²) in [7, 11) is 2.06. The summed E-state index contributed by atoms with van der Waals surface area (Å²) in [5, 5.41) is 1.74. The number of hydrogen-bond acceptors (Lipinski definition) is 5. The quantitative estimate of drug-likeness (QED) is 0.460. The molecule has 31 heavy (non-hydrogen) atoms. The molecule has 0 aliphatic rings. The third-order valence-electron chi connectivity index (χ3n) is 4.88. The molecule has 3 aromatic rings. The summed E-state index contributed by atoms with van der Waals surface area (Å²) in [4.78, 5) is 7.35. The van der Waals surface area contributed by atoms with Crippen LogP contribution in [0.25, 0.3) is 0 Å². The van der Waals surface area contributed by atoms with Gasteiger partial charge < -0.3 is 14.4 Å². The summed E-state index contributed by atoms with van der Waals surface area (Å²) in [5.41, 5.74) is 3.24. The van der Waals surface area contributed by atoms with Gasteiger partial charge in [-0.1, -0.05) is 29.8 Å². The summed E-state index contributed by atoms with van der Waals surface area (Å²) in [6, 6.07) is 19.6. The molecular weight excluding hydrogens is 408 g/mol. The molecule has 0 radical (unpaired) electrons. The van der Waals surface area contributed by atoms with Crippen molar-refractivity contribution in [3.63, 3.8) is 0 Å². The molecule has 0 N–H and O–H groups in total. The second-order valence-corrected chi connectivity index (χ2v) is 8.46. The summed E-state index contributed by atoms with van der Waals surface area (Å²) in [6.07, 6.45) is 4.50. The first kappa shape index (κ1) is 22.6. The second-order valence-electron chi connectivity index (χ2n) is 7.13. The minimum absolute atomic E-state index is 0.635. The number of aryl methyl sites for hydroxylation is 1. The standard InChI is InChI=1S/C25H28N2O3S/c1-20-7-10-23(11-8-20)31(28)17-16-27(19-22-6-4-5-14-26-22)15-13-21-9-12-24(29-2)25(18-21)30-3/h4-12,14,16-18H,13,15,19H2,1-3H3/b17-16-/t31-/m1/s1. The molecule has 2 aromatic carbocycles. The highest BCUT2D eigenvalue weighted by Crippen LogP contribution is 2.27. The van der Waals surface area contributed by atoms with Crippen molar-refractivity contribution >= 4 is 10.8 Å². The van der Waals surface area contributed by atoms with Crippen molar-refractivity contribution in [3.8, 4) is 11.5 Å². The van der Waals surface area contributed by atoms with E-state index >= 15 is 0 Å². The monoisotopic (exact) mass is 436 g/mol. The van der Waals surface area contributed by atoms with Gasteiger partial charge in [0.25, 0.3) is 0 Å². The lowest BCUT2D eigenvalue weighted by Gasteiger charge is -2.20. The molecule has 0 aliphatic carbocycles. The summed E-state index contributed by atoms with van der Waals surface area (Å²) in [6.45, 7) is 3.40. The van der Waals surface area contributed by atoms with Crippen LogP contribution >= 0.6 is 0 Å². The molecule has 1 heterocycles. The third-order valence-corrected chi connectivity index (χ3v) is 5.98. The molecule has 6 heteroatoms. The average molecular weight is 437 g/mol. The van der Waals surface area contributed by atoms with Crippen molar-refractivity contribution in [2.75, 3.05) is 20.8 Å². The van der Waals surface area contributed by atoms with Crippen molar-refractivity contribution in [2.24, 2.45) is 0 Å². The Hall–Kier alpha value is -3.12. The molecule has 3 rings (SSSR count). The fourth-order valence-electron chi connectivity index (χ4n) is 3.11. The molecule has 1 aromatic heterocycles. The first-order chi connectivity index (χ1) is 15.1. The van der Waals surface area contributed by atoms with E-state index in [4.69, 9.17) is 9.47 Å². The van der Waals surface area contributed by atoms with Crippen molar-refractivity contribution < 1.29 is 13.7 Å². The van der Waals surface area contributed by atoms with Gasteiger partial charge >= 0.3 is 0 Å². The van der Waals surface area contributed by atoms with Crippen LogP contribution in [0, 0.1) is 6.92 Å². The number of aromatic nitrogens is 1. The predicted octanol–water partition coefficient (Wildman–Crippen LogP) is 4.73. The Labute approximate surface area is 186 Å². The average Bonchev–Trinajstić information content (AvgIpc) is 2.81. The normalized spacial score (nSPS) is 12.0. The van der Waals surface area contributed by atoms with E-state index < -0.39 is 10.8 Å². The van der Waals surface area contributed by atoms with E-state index in [-0.39, 0.29) is 0 Å². The Bertz CT molecular complexity index is 1020. The van der Waals surface area contributed by atoms with Crippen LogP contribution < -0.4 is 9.47 Å². The van der Waals surface area contributed by atoms with Gasteiger partial charge in [-0.3, -0.25) is 4.98 Å². The van der Waals surface area contributed by atoms with E-state index in [1.807, 2.05) is 73.8 Å². The second kappa shape index (κ2) is 11.3. The largest absolute Gasteiger partial charge is 0.493 e. The van der Waals surface area contributed by atoms with E-state index in [2.05, 4.69) is 9.88 Å². The Balaban J connectivity index is 1.73. The molecule has 0 unspecified atom stereocenters. The lowest BCUT2D eigenvalue weighted by Crippen LogP contribution is -2.20. The minimum atomic E-state index is -1.21. The molecule has 0 fully saturated rings. The van der Waals surface area contributed by atoms with Crippen LogP contribution in [0.4, 0.5) is 0 Å². The summed E-state index contributed by atoms with van der Waals surface area (Å²) < 4.78 is 23.4. The van der Waals surface area contributed by atoms with Gasteiger partial charge in [-0.05, 0) is 55.3 Å². The molecule has 0 aliphatic heterocycles. The Kier molecular flexibility index (Phi) is 8.24. The number of methoxy groups -OCH3 is 2. The van der Waals surface area contributed by atoms with Gasteiger partial charge in [0.2, 0.25) is 0 Å². The molecule has 162 valence electrons. The Morgan fingerprint density at radius 1 is 1.00 bits per heavy atom. The van der Waals surface area contributed by atoms with E-state index in [1.54, 1.807) is 25.8 Å². The Morgan fingerprint density at radius 2 is 1.77 bits per heavy atom. The molecular formula is C25H28N2O3S. The van der Waals surface area contributed by atoms with Crippen LogP contribution in [0.2, 0.25) is 0 Å². The van der Waals surface area contributed by atoms with E-state index in [0.717, 1.165) is 34.7 Å². The van der Waals surface area contributed by atoms with Gasteiger partial charge in [-0.25, -0.2) is 4.21 Å². The van der Waals surface area contributed by atoms with Gasteiger partial charge in [0.15, 0.2) is 11.5 Å². The number of rotatable bonds is 10. The highest BCUT2D eigenvalue weighted by molar-refractivity contribution is 7.88. The van der Waals surface area contributed by atoms with Crippen molar-refractivity contribution in [2.45, 2.75) is 24.8 Å². The zero-order chi connectivity index (χ0) is 22.1. The maximum absolute atomic E-state index is 12.7. The van der Waals surface area contributed by atoms with Crippen molar-refractivity contribution in [1.82, 2.24) is 9.88 Å². The van der Waals surface area contributed by atoms with Crippen LogP contribution in [0.15, 0.2) is 83.4 Å². The van der Waals surface area contributed by atoms with Crippen LogP contribution in [0.1, 0.15) is 16.8 Å². The number of pyridine rings is 1. The fourth-order valence-corrected chi connectivity index (χ4v) is 3.95. The third kappa shape index (κ3) is 6.69. The zero-order valence-electron chi connectivity index (χ0n) is 18.2. The first-order valence-corrected chi connectivity index (χ1v) is 11.3. The number of ether oxygens (including phenoxy) is 2. The number of hydrogen-bond donors (Lipinski definition) is 0. The molecule has 0 saturated carbocycles. The molecule has 0 spiro atoms. The van der Waals surface area contributed by atoms with Gasteiger partial charge in [-0.2, -0.15) is 0 Å². The highest BCUT2D eigenvalue weighted by atomic mass is 32.2. The first-order valence-electron chi connectivity index (χ1n) is 10.1. The van der Waals surface area contributed by atoms with E-state index in [0.29, 0.717) is 18.0 Å². The molecule has 0 saturated heterocycles. The highest BCUT2D eigenvalue weighted by Gasteiger charge is 2.08. The van der Waals surface area contributed by atoms with Gasteiger partial charge in [0.05, 0.1) is 37.3 Å². The lowest BCUT2D eigenvalue weighted by atomic mass is 10.1. The SMILES string of the molecule is COc1ccc(CCN(/C=C\[S@@](=O)c2ccc(C)cc2)Cc2ccccn2)cc1OC. The maximum atomic E-state index is 12.7. The lowest BCUT2D eigenvalue weighted by molar-refractivity contribution is 0.352. The Morgan fingerprint density at radius 3 is 2.45 bits per heavy atom.